The normalized spacial score (nSPS) is 13.2. The van der Waals surface area contributed by atoms with Crippen LogP contribution in [0.5, 0.6) is 0 Å². The van der Waals surface area contributed by atoms with Gasteiger partial charge in [-0.25, -0.2) is 45.5 Å². The molecule has 0 aliphatic carbocycles. The molecule has 17 aromatic rings. The molecule has 2 saturated heterocycles. The summed E-state index contributed by atoms with van der Waals surface area (Å²) in [6.45, 7) is 4.96. The molecule has 2 aliphatic heterocycles. The third-order valence-corrected chi connectivity index (χ3v) is 21.3. The molecule has 11 aromatic carbocycles. The summed E-state index contributed by atoms with van der Waals surface area (Å²) in [4.78, 5) is 145. The van der Waals surface area contributed by atoms with Crippen LogP contribution in [-0.2, 0) is 33.2 Å². The molecule has 19 rings (SSSR count). The number of aromatic nitrogens is 11. The third-order valence-electron chi connectivity index (χ3n) is 21.3. The molecule has 0 saturated carbocycles. The monoisotopic (exact) mass is 2050 g/mol. The molecule has 760 valence electrons. The zero-order chi connectivity index (χ0) is 106. The average molecular weight is 2060 g/mol. The van der Waals surface area contributed by atoms with E-state index in [1.54, 1.807) is 142 Å². The number of alkyl carbamates (subject to hydrolysis) is 4. The van der Waals surface area contributed by atoms with Crippen molar-refractivity contribution in [2.45, 2.75) is 57.3 Å². The largest absolute Gasteiger partial charge is 0.471 e. The molecule has 37 nitrogen and oxygen atoms in total. The molecule has 2 fully saturated rings. The van der Waals surface area contributed by atoms with E-state index in [4.69, 9.17) is 51.0 Å². The Bertz CT molecular complexity index is 7580. The molecule has 46 heteroatoms. The number of alkyl halides is 3. The van der Waals surface area contributed by atoms with Gasteiger partial charge in [0.15, 0.2) is 0 Å². The second kappa shape index (κ2) is 49.2. The molecule has 0 spiro atoms. The number of carbonyl (C=O) groups is 10. The number of halogens is 9. The van der Waals surface area contributed by atoms with Crippen molar-refractivity contribution in [3.05, 3.63) is 365 Å². The molecule has 8 heterocycles. The van der Waals surface area contributed by atoms with Crippen LogP contribution in [0.1, 0.15) is 102 Å². The third kappa shape index (κ3) is 28.1. The van der Waals surface area contributed by atoms with Gasteiger partial charge in [-0.1, -0.05) is 159 Å². The maximum absolute atomic E-state index is 14.0. The van der Waals surface area contributed by atoms with Crippen LogP contribution in [0.2, 0.25) is 0 Å². The van der Waals surface area contributed by atoms with E-state index in [0.29, 0.717) is 67.1 Å². The minimum absolute atomic E-state index is 0.00341. The number of rotatable bonds is 21. The Morgan fingerprint density at radius 1 is 0.313 bits per heavy atom. The first kappa shape index (κ1) is 105. The SMILES string of the molecule is CC(OC(=O)NC(=O)c1cccc(-c2noc(-c3ccccc3F)n2)c1)c1ccc(F)cc1.CC(OC(=O)NC(=O)c1cccc(-c2noc(-c3ccccc3F)n2)c1)c1ccncc1.O=C(NC(=O)C(F)(F)F)c1cccc(-c2noc(-c3ccccc3F)n2)c1.O=C(NC(=O)c1cccc(-c2noc(-c3ccccc3F)n2)c1)O[C@@H]1CCOC1.O=C(NC(=O)c1cccc(-c2noc(-c3ccccc3F)n2)c1)O[C@H]1CCOC1. The fraction of sp³-hybridized carbons (Fsp3) is 0.125. The van der Waals surface area contributed by atoms with Gasteiger partial charge in [-0.3, -0.25) is 60.3 Å². The zero-order valence-electron chi connectivity index (χ0n) is 77.7. The van der Waals surface area contributed by atoms with Gasteiger partial charge in [0, 0.05) is 80.9 Å². The van der Waals surface area contributed by atoms with Crippen molar-refractivity contribution < 1.29 is 138 Å². The Balaban J connectivity index is 0.000000140. The van der Waals surface area contributed by atoms with Crippen molar-refractivity contribution in [3.63, 3.8) is 0 Å². The number of ether oxygens (including phenoxy) is 6. The summed E-state index contributed by atoms with van der Waals surface area (Å²) in [7, 11) is 0. The molecule has 5 N–H and O–H groups in total. The molecule has 0 radical (unpaired) electrons. The van der Waals surface area contributed by atoms with Gasteiger partial charge in [-0.05, 0) is 171 Å². The van der Waals surface area contributed by atoms with E-state index in [-0.39, 0.29) is 132 Å². The topological polar surface area (TPSA) is 494 Å². The lowest BCUT2D eigenvalue weighted by Crippen LogP contribution is -2.40. The molecule has 4 atom stereocenters. The maximum Gasteiger partial charge on any atom is 0.471 e. The first-order chi connectivity index (χ1) is 72.4. The number of hydrogen-bond donors (Lipinski definition) is 5. The summed E-state index contributed by atoms with van der Waals surface area (Å²) in [5.41, 5.74) is 4.68. The average Bonchev–Trinajstić information content (AvgIpc) is 1.67. The lowest BCUT2D eigenvalue weighted by molar-refractivity contribution is -0.172. The van der Waals surface area contributed by atoms with Crippen molar-refractivity contribution >= 4 is 59.8 Å². The lowest BCUT2D eigenvalue weighted by Gasteiger charge is -2.14. The maximum atomic E-state index is 14.0. The molecule has 6 aromatic heterocycles. The van der Waals surface area contributed by atoms with Gasteiger partial charge in [0.05, 0.1) is 54.2 Å². The summed E-state index contributed by atoms with van der Waals surface area (Å²) < 4.78 is 176. The molecule has 2 aliphatic rings. The van der Waals surface area contributed by atoms with Crippen LogP contribution >= 0.6 is 0 Å². The Labute approximate surface area is 839 Å². The summed E-state index contributed by atoms with van der Waals surface area (Å²) in [6.07, 6.45) is -6.30. The minimum atomic E-state index is -5.18. The lowest BCUT2D eigenvalue weighted by atomic mass is 10.1. The van der Waals surface area contributed by atoms with Crippen LogP contribution in [0, 0.1) is 34.9 Å². The Kier molecular flexibility index (Phi) is 34.3. The van der Waals surface area contributed by atoms with Gasteiger partial charge < -0.3 is 51.0 Å². The fourth-order valence-corrected chi connectivity index (χ4v) is 13.8. The number of carbonyl (C=O) groups excluding carboxylic acids is 10. The molecule has 0 bridgehead atoms. The van der Waals surface area contributed by atoms with E-state index in [1.807, 2.05) is 0 Å². The second-order valence-corrected chi connectivity index (χ2v) is 31.7. The van der Waals surface area contributed by atoms with Crippen molar-refractivity contribution in [2.75, 3.05) is 26.4 Å². The molecule has 2 unspecified atom stereocenters. The van der Waals surface area contributed by atoms with Crippen LogP contribution in [0.3, 0.4) is 0 Å². The van der Waals surface area contributed by atoms with Gasteiger partial charge in [0.2, 0.25) is 29.1 Å². The number of benzene rings is 11. The molecule has 10 amide bonds. The van der Waals surface area contributed by atoms with E-state index in [1.165, 1.54) is 169 Å². The van der Waals surface area contributed by atoms with Crippen LogP contribution in [0.15, 0.2) is 314 Å². The highest BCUT2D eigenvalue weighted by molar-refractivity contribution is 6.08. The van der Waals surface area contributed by atoms with Gasteiger partial charge in [-0.15, -0.1) is 0 Å². The zero-order valence-corrected chi connectivity index (χ0v) is 77.7. The van der Waals surface area contributed by atoms with Crippen molar-refractivity contribution in [2.24, 2.45) is 0 Å². The quantitative estimate of drug-likeness (QED) is 0.0329. The molecular weight excluding hydrogens is 1980 g/mol. The van der Waals surface area contributed by atoms with Gasteiger partial charge in [0.25, 0.3) is 59.0 Å². The molecule has 150 heavy (non-hydrogen) atoms. The Hall–Kier alpha value is -19.5. The van der Waals surface area contributed by atoms with E-state index < -0.39 is 113 Å². The van der Waals surface area contributed by atoms with Crippen LogP contribution in [0.4, 0.5) is 58.7 Å². The predicted octanol–water partition coefficient (Wildman–Crippen LogP) is 19.6. The van der Waals surface area contributed by atoms with Crippen molar-refractivity contribution in [1.29, 1.82) is 0 Å². The summed E-state index contributed by atoms with van der Waals surface area (Å²) in [5, 5.41) is 29.0. The minimum Gasteiger partial charge on any atom is -0.443 e. The van der Waals surface area contributed by atoms with Gasteiger partial charge >= 0.3 is 36.5 Å². The number of imide groups is 5. The van der Waals surface area contributed by atoms with Crippen molar-refractivity contribution in [1.82, 2.24) is 82.3 Å². The van der Waals surface area contributed by atoms with E-state index in [0.717, 1.165) is 5.56 Å². The number of nitrogens with zero attached hydrogens (tertiary/aromatic N) is 11. The fourth-order valence-electron chi connectivity index (χ4n) is 13.8. The van der Waals surface area contributed by atoms with Crippen LogP contribution in [-0.4, -0.2) is 160 Å². The first-order valence-corrected chi connectivity index (χ1v) is 44.6. The smallest absolute Gasteiger partial charge is 0.443 e. The highest BCUT2D eigenvalue weighted by Crippen LogP contribution is 2.33. The Morgan fingerprint density at radius 2 is 0.567 bits per heavy atom. The second-order valence-electron chi connectivity index (χ2n) is 31.7. The highest BCUT2D eigenvalue weighted by atomic mass is 19.4. The Morgan fingerprint density at radius 3 is 0.820 bits per heavy atom. The van der Waals surface area contributed by atoms with Crippen molar-refractivity contribution in [3.8, 4) is 114 Å². The van der Waals surface area contributed by atoms with Crippen LogP contribution < -0.4 is 26.6 Å². The van der Waals surface area contributed by atoms with Crippen LogP contribution in [0.25, 0.3) is 114 Å². The summed E-state index contributed by atoms with van der Waals surface area (Å²) in [5.74, 6) is -8.55. The number of nitrogens with one attached hydrogen (secondary N) is 5. The highest BCUT2D eigenvalue weighted by Gasteiger charge is 2.40. The van der Waals surface area contributed by atoms with Gasteiger partial charge in [0.1, 0.15) is 59.3 Å². The van der Waals surface area contributed by atoms with E-state index in [2.05, 4.69) is 77.0 Å². The standard InChI is InChI=1S/C24H17F2N3O4.C23H17FN4O4.2C20H16FN3O5.C17H9F4N3O3/c1-14(15-9-11-18(25)12-10-15)32-24(31)28-22(30)17-6-4-5-16(13-17)21-27-23(33-29-21)19-7-2-3-8-20(19)26;1-14(15-9-11-25-12-10-15)31-23(30)27-21(29)17-6-4-5-16(13-17)20-26-22(32-28-20)18-7-2-3-8-19(18)24;2*21-16-7-2-1-6-15(16)19-22-17(24-29-19)12-4-3-5-13(10-12)18(25)23-20(26)28-14-8-9-27-11-14;18-12-7-2-1-6-11(12)15-22-13(24-27-15)9-4-3-5-10(8-9)14(25)23-16(26)17(19,20)21/h2-14H,1H3,(H,28,30,31);2-14H,1H3,(H,27,29,30);2*1-7,10,14H,8-9,11H2,(H,23,25,26);1-8H,(H,23,25,26)/t;;2*14-;/m..10./s1. The number of pyridine rings is 1. The molecular formula is C104H75F9N16O21. The predicted molar refractivity (Wildman–Crippen MR) is 506 cm³/mol. The van der Waals surface area contributed by atoms with E-state index in [9.17, 15) is 87.5 Å². The number of amides is 10. The summed E-state index contributed by atoms with van der Waals surface area (Å²) >= 11 is 0. The van der Waals surface area contributed by atoms with E-state index >= 15 is 0 Å². The van der Waals surface area contributed by atoms with Gasteiger partial charge in [-0.2, -0.15) is 38.1 Å². The number of hydrogen-bond acceptors (Lipinski definition) is 32. The summed E-state index contributed by atoms with van der Waals surface area (Å²) in [6, 6.07) is 68.9. The first-order valence-electron chi connectivity index (χ1n) is 44.6.